The summed E-state index contributed by atoms with van der Waals surface area (Å²) in [5.74, 6) is 2.12. The molecule has 0 aliphatic rings. The van der Waals surface area contributed by atoms with E-state index in [0.29, 0.717) is 19.1 Å². The molecule has 45 heavy (non-hydrogen) atoms. The van der Waals surface area contributed by atoms with Crippen LogP contribution < -0.4 is 9.47 Å². The standard InChI is InChI=1S/C40H71N3O2/c1-3-5-7-9-11-13-15-17-19-21-23-25-27-31-35-44-39-37-40(43(42-39)38-33-29-30-34-41-38)45-36-32-28-26-24-22-20-18-16-14-12-10-8-6-4-2/h29-30,33-34,37H,3-28,31-32,35-36H2,1-2H3. The first-order valence-electron chi connectivity index (χ1n) is 19.6. The van der Waals surface area contributed by atoms with Crippen LogP contribution in [0.25, 0.3) is 5.82 Å². The van der Waals surface area contributed by atoms with Crippen LogP contribution in [0.4, 0.5) is 0 Å². The van der Waals surface area contributed by atoms with E-state index < -0.39 is 0 Å². The summed E-state index contributed by atoms with van der Waals surface area (Å²) >= 11 is 0. The van der Waals surface area contributed by atoms with Crippen molar-refractivity contribution in [2.75, 3.05) is 13.2 Å². The highest BCUT2D eigenvalue weighted by Crippen LogP contribution is 2.24. The molecule has 2 rings (SSSR count). The van der Waals surface area contributed by atoms with Gasteiger partial charge < -0.3 is 9.47 Å². The van der Waals surface area contributed by atoms with Crippen LogP contribution in [0, 0.1) is 0 Å². The van der Waals surface area contributed by atoms with E-state index in [9.17, 15) is 0 Å². The van der Waals surface area contributed by atoms with E-state index in [1.54, 1.807) is 10.9 Å². The first-order chi connectivity index (χ1) is 22.3. The number of rotatable bonds is 33. The minimum Gasteiger partial charge on any atom is -0.477 e. The normalized spacial score (nSPS) is 11.3. The summed E-state index contributed by atoms with van der Waals surface area (Å²) < 4.78 is 14.0. The number of nitrogens with zero attached hydrogens (tertiary/aromatic N) is 3. The minimum atomic E-state index is 0.631. The molecule has 0 spiro atoms. The molecule has 0 fully saturated rings. The van der Waals surface area contributed by atoms with E-state index in [-0.39, 0.29) is 0 Å². The maximum absolute atomic E-state index is 6.19. The Hall–Kier alpha value is -2.04. The molecule has 0 aliphatic carbocycles. The smallest absolute Gasteiger partial charge is 0.237 e. The summed E-state index contributed by atoms with van der Waals surface area (Å²) in [7, 11) is 0. The molecule has 0 saturated heterocycles. The van der Waals surface area contributed by atoms with Gasteiger partial charge in [-0.05, 0) is 25.0 Å². The van der Waals surface area contributed by atoms with Crippen LogP contribution in [0.5, 0.6) is 11.8 Å². The number of aromatic nitrogens is 3. The van der Waals surface area contributed by atoms with E-state index in [2.05, 4.69) is 23.9 Å². The van der Waals surface area contributed by atoms with Crippen LogP contribution in [0.3, 0.4) is 0 Å². The lowest BCUT2D eigenvalue weighted by molar-refractivity contribution is 0.284. The topological polar surface area (TPSA) is 49.2 Å². The number of ether oxygens (including phenoxy) is 2. The van der Waals surface area contributed by atoms with Crippen LogP contribution in [0.2, 0.25) is 0 Å². The molecule has 5 nitrogen and oxygen atoms in total. The number of pyridine rings is 1. The summed E-state index contributed by atoms with van der Waals surface area (Å²) in [4.78, 5) is 4.49. The fourth-order valence-electron chi connectivity index (χ4n) is 6.11. The van der Waals surface area contributed by atoms with E-state index in [1.165, 1.54) is 167 Å². The van der Waals surface area contributed by atoms with Crippen molar-refractivity contribution in [3.05, 3.63) is 30.5 Å². The lowest BCUT2D eigenvalue weighted by Gasteiger charge is -2.08. The molecule has 0 aliphatic heterocycles. The van der Waals surface area contributed by atoms with Gasteiger partial charge in [0.05, 0.1) is 19.3 Å². The molecule has 2 aromatic heterocycles. The minimum absolute atomic E-state index is 0.631. The van der Waals surface area contributed by atoms with Gasteiger partial charge in [-0.2, -0.15) is 4.68 Å². The molecule has 2 aromatic rings. The second-order valence-corrected chi connectivity index (χ2v) is 13.3. The van der Waals surface area contributed by atoms with Crippen molar-refractivity contribution in [1.29, 1.82) is 0 Å². The Morgan fingerprint density at radius 2 is 0.889 bits per heavy atom. The zero-order chi connectivity index (χ0) is 31.9. The first kappa shape index (κ1) is 39.1. The van der Waals surface area contributed by atoms with Gasteiger partial charge in [-0.1, -0.05) is 187 Å². The summed E-state index contributed by atoms with van der Waals surface area (Å²) in [6.45, 7) is 5.99. The SMILES string of the molecule is CCCCCCCCCCCCCCCCOc1cc(OCCCCCCCCCCCCCCCC)n(-c2ccccn2)n1. The van der Waals surface area contributed by atoms with Crippen LogP contribution in [0.1, 0.15) is 194 Å². The molecule has 0 bridgehead atoms. The summed E-state index contributed by atoms with van der Waals surface area (Å²) in [6.07, 6.45) is 39.9. The number of unbranched alkanes of at least 4 members (excludes halogenated alkanes) is 26. The van der Waals surface area contributed by atoms with Crippen LogP contribution in [-0.2, 0) is 0 Å². The molecule has 258 valence electrons. The lowest BCUT2D eigenvalue weighted by Crippen LogP contribution is -2.06. The van der Waals surface area contributed by atoms with Crippen molar-refractivity contribution >= 4 is 0 Å². The highest BCUT2D eigenvalue weighted by Gasteiger charge is 2.13. The van der Waals surface area contributed by atoms with E-state index in [0.717, 1.165) is 24.5 Å². The van der Waals surface area contributed by atoms with Gasteiger partial charge in [0.2, 0.25) is 11.8 Å². The molecular weight excluding hydrogens is 554 g/mol. The molecule has 2 heterocycles. The third kappa shape index (κ3) is 21.4. The molecule has 5 heteroatoms. The summed E-state index contributed by atoms with van der Waals surface area (Å²) in [5.41, 5.74) is 0. The van der Waals surface area contributed by atoms with E-state index in [1.807, 2.05) is 24.3 Å². The van der Waals surface area contributed by atoms with Crippen molar-refractivity contribution < 1.29 is 9.47 Å². The Morgan fingerprint density at radius 3 is 1.29 bits per heavy atom. The maximum Gasteiger partial charge on any atom is 0.237 e. The van der Waals surface area contributed by atoms with E-state index >= 15 is 0 Å². The largest absolute Gasteiger partial charge is 0.477 e. The van der Waals surface area contributed by atoms with Gasteiger partial charge in [-0.25, -0.2) is 4.98 Å². The average Bonchev–Trinajstić information content (AvgIpc) is 3.48. The first-order valence-corrected chi connectivity index (χ1v) is 19.6. The van der Waals surface area contributed by atoms with Crippen molar-refractivity contribution in [1.82, 2.24) is 14.8 Å². The average molecular weight is 626 g/mol. The van der Waals surface area contributed by atoms with Gasteiger partial charge in [0.15, 0.2) is 5.82 Å². The van der Waals surface area contributed by atoms with Gasteiger partial charge in [0.25, 0.3) is 0 Å². The Morgan fingerprint density at radius 1 is 0.489 bits per heavy atom. The maximum atomic E-state index is 6.19. The Bertz CT molecular complexity index is 885. The van der Waals surface area contributed by atoms with Crippen molar-refractivity contribution in [3.8, 4) is 17.6 Å². The molecular formula is C40H71N3O2. The molecule has 0 N–H and O–H groups in total. The van der Waals surface area contributed by atoms with Gasteiger partial charge >= 0.3 is 0 Å². The fourth-order valence-corrected chi connectivity index (χ4v) is 6.11. The zero-order valence-electron chi connectivity index (χ0n) is 29.8. The van der Waals surface area contributed by atoms with Gasteiger partial charge in [-0.3, -0.25) is 0 Å². The predicted octanol–water partition coefficient (Wildman–Crippen LogP) is 13.0. The third-order valence-corrected chi connectivity index (χ3v) is 9.02. The quantitative estimate of drug-likeness (QED) is 0.0740. The summed E-state index contributed by atoms with van der Waals surface area (Å²) in [6, 6.07) is 7.80. The lowest BCUT2D eigenvalue weighted by atomic mass is 10.0. The molecule has 0 saturated carbocycles. The number of hydrogen-bond acceptors (Lipinski definition) is 4. The van der Waals surface area contributed by atoms with Gasteiger partial charge in [-0.15, -0.1) is 5.10 Å². The van der Waals surface area contributed by atoms with Crippen LogP contribution in [0.15, 0.2) is 30.5 Å². The van der Waals surface area contributed by atoms with Crippen LogP contribution >= 0.6 is 0 Å². The fraction of sp³-hybridized carbons (Fsp3) is 0.800. The van der Waals surface area contributed by atoms with Crippen molar-refractivity contribution in [3.63, 3.8) is 0 Å². The summed E-state index contributed by atoms with van der Waals surface area (Å²) in [5, 5.41) is 4.68. The second-order valence-electron chi connectivity index (χ2n) is 13.3. The molecule has 0 amide bonds. The van der Waals surface area contributed by atoms with Crippen LogP contribution in [-0.4, -0.2) is 28.0 Å². The van der Waals surface area contributed by atoms with Crippen molar-refractivity contribution in [2.24, 2.45) is 0 Å². The van der Waals surface area contributed by atoms with Gasteiger partial charge in [0.1, 0.15) is 0 Å². The highest BCUT2D eigenvalue weighted by atomic mass is 16.5. The third-order valence-electron chi connectivity index (χ3n) is 9.02. The Balaban J connectivity index is 1.52. The number of hydrogen-bond donors (Lipinski definition) is 0. The Kier molecular flexibility index (Phi) is 25.5. The predicted molar refractivity (Wildman–Crippen MR) is 193 cm³/mol. The highest BCUT2D eigenvalue weighted by molar-refractivity contribution is 5.31. The molecule has 0 radical (unpaired) electrons. The van der Waals surface area contributed by atoms with E-state index in [4.69, 9.17) is 9.47 Å². The Labute approximate surface area is 278 Å². The van der Waals surface area contributed by atoms with Gasteiger partial charge in [0, 0.05) is 6.20 Å². The molecule has 0 aromatic carbocycles. The second kappa shape index (κ2) is 29.4. The monoisotopic (exact) mass is 626 g/mol. The molecule has 0 atom stereocenters. The van der Waals surface area contributed by atoms with Crippen molar-refractivity contribution in [2.45, 2.75) is 194 Å². The molecule has 0 unspecified atom stereocenters. The zero-order valence-corrected chi connectivity index (χ0v) is 29.8.